The number of carbonyl (C=O) groups is 1. The van der Waals surface area contributed by atoms with Gasteiger partial charge < -0.3 is 19.5 Å². The first-order valence-corrected chi connectivity index (χ1v) is 12.2. The number of pyridine rings is 1. The number of aliphatic hydroxyl groups is 1. The highest BCUT2D eigenvalue weighted by molar-refractivity contribution is 6.34. The maximum atomic E-state index is 13.4. The normalized spacial score (nSPS) is 21.5. The summed E-state index contributed by atoms with van der Waals surface area (Å²) >= 11 is 6.57. The third-order valence-corrected chi connectivity index (χ3v) is 7.44. The van der Waals surface area contributed by atoms with Crippen LogP contribution in [0.3, 0.4) is 0 Å². The number of fused-ring (bicyclic) bond motifs is 2. The van der Waals surface area contributed by atoms with E-state index in [1.807, 2.05) is 25.1 Å². The molecule has 1 amide bonds. The smallest absolute Gasteiger partial charge is 0.389 e. The van der Waals surface area contributed by atoms with Gasteiger partial charge in [-0.05, 0) is 30.9 Å². The highest BCUT2D eigenvalue weighted by atomic mass is 35.5. The van der Waals surface area contributed by atoms with Crippen molar-refractivity contribution >= 4 is 34.1 Å². The summed E-state index contributed by atoms with van der Waals surface area (Å²) in [6.07, 6.45) is -3.00. The number of piperidine rings is 1. The van der Waals surface area contributed by atoms with Gasteiger partial charge in [0.15, 0.2) is 5.82 Å². The molecule has 3 aromatic rings. The number of amides is 1. The number of aliphatic hydroxyl groups excluding tert-OH is 1. The number of anilines is 1. The van der Waals surface area contributed by atoms with E-state index in [1.165, 1.54) is 0 Å². The number of benzene rings is 1. The Kier molecular flexibility index (Phi) is 6.32. The Morgan fingerprint density at radius 3 is 2.69 bits per heavy atom. The number of halogens is 4. The van der Waals surface area contributed by atoms with Gasteiger partial charge in [0, 0.05) is 43.7 Å². The van der Waals surface area contributed by atoms with Crippen molar-refractivity contribution in [2.45, 2.75) is 45.6 Å². The zero-order chi connectivity index (χ0) is 25.8. The molecule has 4 heterocycles. The van der Waals surface area contributed by atoms with Crippen LogP contribution in [0.5, 0.6) is 0 Å². The van der Waals surface area contributed by atoms with E-state index in [2.05, 4.69) is 20.1 Å². The van der Waals surface area contributed by atoms with Gasteiger partial charge in [-0.25, -0.2) is 0 Å². The molecule has 192 valence electrons. The second kappa shape index (κ2) is 9.19. The molecule has 2 aromatic heterocycles. The molecule has 1 unspecified atom stereocenters. The summed E-state index contributed by atoms with van der Waals surface area (Å²) in [7, 11) is 0. The van der Waals surface area contributed by atoms with E-state index in [0.717, 1.165) is 26.7 Å². The number of carbonyl (C=O) groups excluding carboxylic acids is 1. The van der Waals surface area contributed by atoms with Gasteiger partial charge in [-0.3, -0.25) is 9.78 Å². The maximum absolute atomic E-state index is 13.4. The van der Waals surface area contributed by atoms with Crippen LogP contribution in [0.25, 0.3) is 10.9 Å². The molecule has 1 fully saturated rings. The molecule has 3 atom stereocenters. The number of nitrogens with zero attached hydrogens (tertiary/aromatic N) is 6. The van der Waals surface area contributed by atoms with Crippen molar-refractivity contribution in [1.29, 1.82) is 0 Å². The largest absolute Gasteiger partial charge is 0.451 e. The Morgan fingerprint density at radius 1 is 1.22 bits per heavy atom. The fourth-order valence-corrected chi connectivity index (χ4v) is 5.53. The van der Waals surface area contributed by atoms with Crippen LogP contribution >= 0.6 is 11.6 Å². The van der Waals surface area contributed by atoms with Gasteiger partial charge in [0.25, 0.3) is 0 Å². The number of rotatable bonds is 3. The summed E-state index contributed by atoms with van der Waals surface area (Å²) in [5, 5.41) is 18.3. The average molecular weight is 523 g/mol. The van der Waals surface area contributed by atoms with Gasteiger partial charge in [-0.1, -0.05) is 30.7 Å². The predicted molar refractivity (Wildman–Crippen MR) is 127 cm³/mol. The van der Waals surface area contributed by atoms with Crippen LogP contribution in [0, 0.1) is 11.8 Å². The van der Waals surface area contributed by atoms with Crippen LogP contribution in [-0.2, 0) is 24.1 Å². The Hall–Kier alpha value is -2.92. The van der Waals surface area contributed by atoms with Crippen molar-refractivity contribution in [3.63, 3.8) is 0 Å². The van der Waals surface area contributed by atoms with Gasteiger partial charge in [0.1, 0.15) is 0 Å². The molecule has 0 bridgehead atoms. The van der Waals surface area contributed by atoms with Gasteiger partial charge in [0.05, 0.1) is 28.9 Å². The monoisotopic (exact) mass is 522 g/mol. The van der Waals surface area contributed by atoms with Crippen molar-refractivity contribution in [3.8, 4) is 0 Å². The zero-order valence-corrected chi connectivity index (χ0v) is 20.6. The Labute approximate surface area is 210 Å². The molecule has 12 heteroatoms. The summed E-state index contributed by atoms with van der Waals surface area (Å²) in [4.78, 5) is 21.5. The second-order valence-electron chi connectivity index (χ2n) is 9.57. The van der Waals surface area contributed by atoms with Gasteiger partial charge in [-0.15, -0.1) is 10.2 Å². The number of hydrogen-bond acceptors (Lipinski definition) is 6. The van der Waals surface area contributed by atoms with E-state index < -0.39 is 18.1 Å². The Morgan fingerprint density at radius 2 is 2.00 bits per heavy atom. The lowest BCUT2D eigenvalue weighted by atomic mass is 9.85. The van der Waals surface area contributed by atoms with Crippen LogP contribution in [0.2, 0.25) is 5.02 Å². The molecule has 0 radical (unpaired) electrons. The fraction of sp³-hybridized carbons (Fsp3) is 0.500. The highest BCUT2D eigenvalue weighted by Crippen LogP contribution is 2.38. The van der Waals surface area contributed by atoms with Gasteiger partial charge in [0.2, 0.25) is 11.7 Å². The highest BCUT2D eigenvalue weighted by Gasteiger charge is 2.41. The number of aromatic nitrogens is 4. The van der Waals surface area contributed by atoms with Gasteiger partial charge >= 0.3 is 6.18 Å². The number of alkyl halides is 3. The van der Waals surface area contributed by atoms with Gasteiger partial charge in [-0.2, -0.15) is 13.2 Å². The van der Waals surface area contributed by atoms with Crippen molar-refractivity contribution in [3.05, 3.63) is 46.6 Å². The average Bonchev–Trinajstić information content (AvgIpc) is 3.27. The molecule has 36 heavy (non-hydrogen) atoms. The summed E-state index contributed by atoms with van der Waals surface area (Å²) in [5.74, 6) is -1.21. The summed E-state index contributed by atoms with van der Waals surface area (Å²) in [6, 6.07) is 5.61. The molecule has 8 nitrogen and oxygen atoms in total. The molecule has 1 aromatic carbocycles. The SMILES string of the molecule is CC(O)c1ccc2c(N3CC[C@H](C(=O)N4CCn5c(nnc5C(F)(F)F)C4)[C@H](C)C3)c(Cl)cnc2c1. The van der Waals surface area contributed by atoms with Crippen molar-refractivity contribution in [1.82, 2.24) is 24.6 Å². The lowest BCUT2D eigenvalue weighted by Crippen LogP contribution is -2.49. The van der Waals surface area contributed by atoms with Crippen molar-refractivity contribution in [2.75, 3.05) is 24.5 Å². The standard InChI is InChI=1S/C24H26ClF3N6O2/c1-13-11-32(21-17-4-3-15(14(2)35)9-19(17)29-10-18(21)25)6-5-16(13)22(36)33-7-8-34-20(12-33)30-31-23(34)24(26,27)28/h3-4,9-10,13-14,16,35H,5-8,11-12H2,1-2H3/t13-,14?,16+/m1/s1. The summed E-state index contributed by atoms with van der Waals surface area (Å²) in [5.41, 5.74) is 2.34. The van der Waals surface area contributed by atoms with E-state index in [0.29, 0.717) is 24.5 Å². The van der Waals surface area contributed by atoms with E-state index in [1.54, 1.807) is 18.0 Å². The third-order valence-electron chi connectivity index (χ3n) is 7.16. The van der Waals surface area contributed by atoms with Crippen molar-refractivity contribution in [2.24, 2.45) is 11.8 Å². The predicted octanol–water partition coefficient (Wildman–Crippen LogP) is 4.06. The summed E-state index contributed by atoms with van der Waals surface area (Å²) < 4.78 is 40.4. The first kappa shape index (κ1) is 24.8. The molecular weight excluding hydrogens is 497 g/mol. The van der Waals surface area contributed by atoms with E-state index in [4.69, 9.17) is 11.6 Å². The van der Waals surface area contributed by atoms with Crippen molar-refractivity contribution < 1.29 is 23.1 Å². The lowest BCUT2D eigenvalue weighted by Gasteiger charge is -2.40. The van der Waals surface area contributed by atoms with E-state index in [9.17, 15) is 23.1 Å². The van der Waals surface area contributed by atoms with Crippen LogP contribution in [-0.4, -0.2) is 55.3 Å². The maximum Gasteiger partial charge on any atom is 0.451 e. The molecular formula is C24H26ClF3N6O2. The quantitative estimate of drug-likeness (QED) is 0.558. The van der Waals surface area contributed by atoms with Crippen LogP contribution in [0.15, 0.2) is 24.4 Å². The van der Waals surface area contributed by atoms with Crippen LogP contribution in [0.4, 0.5) is 18.9 Å². The molecule has 0 spiro atoms. The Bertz CT molecular complexity index is 1310. The zero-order valence-electron chi connectivity index (χ0n) is 19.8. The lowest BCUT2D eigenvalue weighted by molar-refractivity contribution is -0.148. The minimum Gasteiger partial charge on any atom is -0.389 e. The van der Waals surface area contributed by atoms with E-state index >= 15 is 0 Å². The van der Waals surface area contributed by atoms with E-state index in [-0.39, 0.29) is 43.2 Å². The molecule has 0 aliphatic carbocycles. The topological polar surface area (TPSA) is 87.4 Å². The minimum atomic E-state index is -4.57. The molecule has 2 aliphatic rings. The second-order valence-corrected chi connectivity index (χ2v) is 9.98. The first-order chi connectivity index (χ1) is 17.0. The molecule has 2 aliphatic heterocycles. The fourth-order valence-electron chi connectivity index (χ4n) is 5.26. The molecule has 5 rings (SSSR count). The Balaban J connectivity index is 1.32. The first-order valence-electron chi connectivity index (χ1n) is 11.8. The molecule has 1 saturated heterocycles. The summed E-state index contributed by atoms with van der Waals surface area (Å²) in [6.45, 7) is 5.11. The molecule has 0 saturated carbocycles. The van der Waals surface area contributed by atoms with Crippen LogP contribution in [0.1, 0.15) is 43.6 Å². The van der Waals surface area contributed by atoms with Crippen LogP contribution < -0.4 is 4.90 Å². The molecule has 1 N–H and O–H groups in total. The minimum absolute atomic E-state index is 0.00667. The number of hydrogen-bond donors (Lipinski definition) is 1. The third kappa shape index (κ3) is 4.39.